The monoisotopic (exact) mass is 578 g/mol. The zero-order valence-electron chi connectivity index (χ0n) is 25.3. The van der Waals surface area contributed by atoms with E-state index in [1.54, 1.807) is 25.2 Å². The van der Waals surface area contributed by atoms with Crippen molar-refractivity contribution in [2.24, 2.45) is 17.4 Å². The number of hydrogen-bond acceptors (Lipinski definition) is 10. The number of nitrogens with two attached hydrogens (primary N) is 2. The number of carbonyl (C=O) groups is 1. The Morgan fingerprint density at radius 1 is 1.05 bits per heavy atom. The fourth-order valence-corrected chi connectivity index (χ4v) is 5.30. The fraction of sp³-hybridized carbons (Fsp3) is 0.516. The van der Waals surface area contributed by atoms with Crippen molar-refractivity contribution < 1.29 is 14.6 Å². The van der Waals surface area contributed by atoms with E-state index in [1.165, 1.54) is 0 Å². The van der Waals surface area contributed by atoms with Gasteiger partial charge in [-0.15, -0.1) is 0 Å². The van der Waals surface area contributed by atoms with Gasteiger partial charge in [-0.3, -0.25) is 0 Å². The summed E-state index contributed by atoms with van der Waals surface area (Å²) in [6.45, 7) is 10.1. The average Bonchev–Trinajstić information content (AvgIpc) is 2.98. The maximum Gasteiger partial charge on any atom is 0.410 e. The number of piperidine rings is 1. The molecule has 11 nitrogen and oxygen atoms in total. The van der Waals surface area contributed by atoms with Crippen molar-refractivity contribution in [3.8, 4) is 5.75 Å². The second kappa shape index (κ2) is 13.7. The molecule has 2 saturated heterocycles. The molecule has 2 fully saturated rings. The summed E-state index contributed by atoms with van der Waals surface area (Å²) in [4.78, 5) is 27.8. The zero-order chi connectivity index (χ0) is 30.3. The highest BCUT2D eigenvalue weighted by atomic mass is 16.6. The van der Waals surface area contributed by atoms with Gasteiger partial charge in [0, 0.05) is 70.0 Å². The van der Waals surface area contributed by atoms with E-state index in [9.17, 15) is 9.90 Å². The number of nitrogens with one attached hydrogen (secondary N) is 1. The van der Waals surface area contributed by atoms with Gasteiger partial charge in [0.25, 0.3) is 0 Å². The van der Waals surface area contributed by atoms with Crippen LogP contribution in [0.4, 0.5) is 10.7 Å². The molecule has 0 atom stereocenters. The highest BCUT2D eigenvalue weighted by molar-refractivity contribution is 5.70. The molecule has 3 heterocycles. The highest BCUT2D eigenvalue weighted by Gasteiger charge is 2.27. The van der Waals surface area contributed by atoms with Gasteiger partial charge in [0.15, 0.2) is 0 Å². The number of hydrogen-bond donors (Lipinski definition) is 4. The number of carbonyl (C=O) groups excluding carboxylic acids is 1. The molecule has 42 heavy (non-hydrogen) atoms. The summed E-state index contributed by atoms with van der Waals surface area (Å²) in [5.41, 5.74) is 15.1. The molecule has 4 rings (SSSR count). The molecule has 0 aliphatic carbocycles. The number of rotatable bonds is 8. The standard InChI is InChI=1S/C31H46N8O3/c1-31(2,3)42-30(41)39-13-11-22(12-14-39)9-10-23-20-35-29(36-21-23)38-17-15-37(16-18-38)26(28(33)34-4)19-25(32)24-7-5-6-8-27(24)40/h5-8,19-22,34,40H,9-18,32-33H2,1-4H3/b25-19-,28-26-. The molecule has 2 aliphatic heterocycles. The molecule has 228 valence electrons. The van der Waals surface area contributed by atoms with E-state index in [0.29, 0.717) is 23.0 Å². The number of para-hydroxylation sites is 1. The van der Waals surface area contributed by atoms with Gasteiger partial charge >= 0.3 is 6.09 Å². The first-order valence-electron chi connectivity index (χ1n) is 14.8. The SMILES string of the molecule is CN/C(N)=C(/C=C(\N)c1ccccc1O)N1CCN(c2ncc(CCC3CCN(C(=O)OC(C)(C)C)CC3)cn2)CC1. The minimum absolute atomic E-state index is 0.127. The van der Waals surface area contributed by atoms with Crippen molar-refractivity contribution in [1.82, 2.24) is 25.1 Å². The normalized spacial score (nSPS) is 17.6. The number of aromatic nitrogens is 2. The molecule has 0 saturated carbocycles. The molecule has 0 spiro atoms. The van der Waals surface area contributed by atoms with Crippen LogP contribution in [0.5, 0.6) is 5.75 Å². The Bertz CT molecular complexity index is 1260. The van der Waals surface area contributed by atoms with Gasteiger partial charge in [-0.05, 0) is 76.1 Å². The molecule has 0 bridgehead atoms. The number of phenolic OH excluding ortho intramolecular Hbond substituents is 1. The van der Waals surface area contributed by atoms with Crippen LogP contribution in [0.15, 0.2) is 54.3 Å². The summed E-state index contributed by atoms with van der Waals surface area (Å²) in [7, 11) is 1.78. The largest absolute Gasteiger partial charge is 0.507 e. The molecular formula is C31H46N8O3. The van der Waals surface area contributed by atoms with E-state index in [1.807, 2.05) is 50.2 Å². The fourth-order valence-electron chi connectivity index (χ4n) is 5.30. The van der Waals surface area contributed by atoms with Gasteiger partial charge in [0.2, 0.25) is 5.95 Å². The molecule has 2 aromatic rings. The zero-order valence-corrected chi connectivity index (χ0v) is 25.3. The molecular weight excluding hydrogens is 532 g/mol. The predicted molar refractivity (Wildman–Crippen MR) is 165 cm³/mol. The van der Waals surface area contributed by atoms with Crippen molar-refractivity contribution in [3.05, 3.63) is 65.4 Å². The lowest BCUT2D eigenvalue weighted by molar-refractivity contribution is 0.0181. The average molecular weight is 579 g/mol. The molecule has 2 aliphatic rings. The first-order valence-corrected chi connectivity index (χ1v) is 14.8. The molecule has 6 N–H and O–H groups in total. The summed E-state index contributed by atoms with van der Waals surface area (Å²) in [5, 5.41) is 13.2. The van der Waals surface area contributed by atoms with Crippen LogP contribution in [-0.2, 0) is 11.2 Å². The minimum atomic E-state index is -0.464. The number of phenols is 1. The Labute approximate surface area is 249 Å². The van der Waals surface area contributed by atoms with Crippen LogP contribution in [0.2, 0.25) is 0 Å². The third kappa shape index (κ3) is 8.20. The number of nitrogens with zero attached hydrogens (tertiary/aromatic N) is 5. The number of likely N-dealkylation sites (tertiary alicyclic amines) is 1. The highest BCUT2D eigenvalue weighted by Crippen LogP contribution is 2.26. The van der Waals surface area contributed by atoms with E-state index in [2.05, 4.69) is 25.1 Å². The van der Waals surface area contributed by atoms with Crippen molar-refractivity contribution >= 4 is 17.7 Å². The lowest BCUT2D eigenvalue weighted by atomic mass is 9.91. The Balaban J connectivity index is 1.27. The summed E-state index contributed by atoms with van der Waals surface area (Å²) in [5.74, 6) is 1.94. The van der Waals surface area contributed by atoms with Crippen LogP contribution >= 0.6 is 0 Å². The van der Waals surface area contributed by atoms with E-state index in [4.69, 9.17) is 16.2 Å². The van der Waals surface area contributed by atoms with Gasteiger partial charge in [-0.1, -0.05) is 12.1 Å². The van der Waals surface area contributed by atoms with Gasteiger partial charge < -0.3 is 41.3 Å². The first kappa shape index (κ1) is 30.8. The van der Waals surface area contributed by atoms with Gasteiger partial charge in [-0.2, -0.15) is 0 Å². The molecule has 1 aromatic carbocycles. The van der Waals surface area contributed by atoms with Gasteiger partial charge in [0.1, 0.15) is 17.2 Å². The number of allylic oxidation sites excluding steroid dienone is 1. The number of anilines is 1. The maximum absolute atomic E-state index is 12.3. The minimum Gasteiger partial charge on any atom is -0.507 e. The quantitative estimate of drug-likeness (QED) is 0.344. The molecule has 1 aromatic heterocycles. The van der Waals surface area contributed by atoms with Crippen LogP contribution < -0.4 is 21.7 Å². The molecule has 1 amide bonds. The number of aryl methyl sites for hydroxylation is 1. The van der Waals surface area contributed by atoms with Crippen LogP contribution in [0.25, 0.3) is 5.70 Å². The molecule has 0 radical (unpaired) electrons. The second-order valence-corrected chi connectivity index (χ2v) is 12.0. The Kier molecular flexibility index (Phi) is 10.0. The summed E-state index contributed by atoms with van der Waals surface area (Å²) in [6, 6.07) is 6.99. The van der Waals surface area contributed by atoms with Crippen LogP contribution in [0, 0.1) is 5.92 Å². The van der Waals surface area contributed by atoms with Crippen molar-refractivity contribution in [2.45, 2.75) is 52.1 Å². The van der Waals surface area contributed by atoms with Crippen LogP contribution in [-0.4, -0.2) is 82.9 Å². The Morgan fingerprint density at radius 3 is 2.29 bits per heavy atom. The first-order chi connectivity index (χ1) is 20.0. The molecule has 0 unspecified atom stereocenters. The van der Waals surface area contributed by atoms with Crippen molar-refractivity contribution in [1.29, 1.82) is 0 Å². The van der Waals surface area contributed by atoms with E-state index in [0.717, 1.165) is 82.2 Å². The third-order valence-corrected chi connectivity index (χ3v) is 7.75. The second-order valence-electron chi connectivity index (χ2n) is 12.0. The van der Waals surface area contributed by atoms with Crippen LogP contribution in [0.3, 0.4) is 0 Å². The summed E-state index contributed by atoms with van der Waals surface area (Å²) >= 11 is 0. The predicted octanol–water partition coefficient (Wildman–Crippen LogP) is 3.23. The Morgan fingerprint density at radius 2 is 1.69 bits per heavy atom. The summed E-state index contributed by atoms with van der Waals surface area (Å²) < 4.78 is 5.51. The third-order valence-electron chi connectivity index (χ3n) is 7.75. The smallest absolute Gasteiger partial charge is 0.410 e. The summed E-state index contributed by atoms with van der Waals surface area (Å²) in [6.07, 6.45) is 9.43. The topological polar surface area (TPSA) is 146 Å². The number of aromatic hydroxyl groups is 1. The number of benzene rings is 1. The van der Waals surface area contributed by atoms with E-state index >= 15 is 0 Å². The van der Waals surface area contributed by atoms with Crippen molar-refractivity contribution in [2.75, 3.05) is 51.2 Å². The van der Waals surface area contributed by atoms with E-state index in [-0.39, 0.29) is 11.8 Å². The Hall–Kier alpha value is -4.15. The maximum atomic E-state index is 12.3. The van der Waals surface area contributed by atoms with Gasteiger partial charge in [0.05, 0.1) is 5.70 Å². The van der Waals surface area contributed by atoms with Gasteiger partial charge in [-0.25, -0.2) is 14.8 Å². The number of ether oxygens (including phenoxy) is 1. The lowest BCUT2D eigenvalue weighted by Gasteiger charge is -2.37. The number of piperazine rings is 1. The van der Waals surface area contributed by atoms with E-state index < -0.39 is 5.60 Å². The van der Waals surface area contributed by atoms with Crippen LogP contribution in [0.1, 0.15) is 51.2 Å². The molecule has 11 heteroatoms. The number of amides is 1. The van der Waals surface area contributed by atoms with Crippen molar-refractivity contribution in [3.63, 3.8) is 0 Å². The lowest BCUT2D eigenvalue weighted by Crippen LogP contribution is -2.47.